The third-order valence-corrected chi connectivity index (χ3v) is 3.31. The van der Waals surface area contributed by atoms with Crippen LogP contribution in [0.1, 0.15) is 10.5 Å². The Morgan fingerprint density at radius 2 is 2.11 bits per heavy atom. The summed E-state index contributed by atoms with van der Waals surface area (Å²) < 4.78 is 24.4. The molecule has 8 heteroatoms. The minimum Gasteiger partial charge on any atom is -0.476 e. The molecule has 0 aliphatic heterocycles. The van der Waals surface area contributed by atoms with E-state index in [1.807, 2.05) is 0 Å². The number of hydrogen-bond acceptors (Lipinski definition) is 5. The number of carboxylic acids is 1. The van der Waals surface area contributed by atoms with E-state index in [2.05, 4.69) is 9.97 Å². The van der Waals surface area contributed by atoms with Crippen molar-refractivity contribution < 1.29 is 18.3 Å². The molecule has 2 heterocycles. The van der Waals surface area contributed by atoms with Crippen molar-refractivity contribution >= 4 is 15.8 Å². The highest BCUT2D eigenvalue weighted by molar-refractivity contribution is 7.90. The molecule has 2 aromatic rings. The van der Waals surface area contributed by atoms with Gasteiger partial charge in [-0.25, -0.2) is 23.2 Å². The first kappa shape index (κ1) is 12.2. The Kier molecular flexibility index (Phi) is 2.87. The monoisotopic (exact) mass is 267 g/mol. The Hall–Kier alpha value is -2.22. The van der Waals surface area contributed by atoms with Gasteiger partial charge in [-0.05, 0) is 12.1 Å². The first-order chi connectivity index (χ1) is 8.39. The minimum absolute atomic E-state index is 0.0133. The third kappa shape index (κ3) is 2.23. The van der Waals surface area contributed by atoms with Crippen LogP contribution in [-0.4, -0.2) is 40.3 Å². The topological polar surface area (TPSA) is 102 Å². The number of imidazole rings is 1. The number of pyridine rings is 1. The van der Waals surface area contributed by atoms with Crippen molar-refractivity contribution in [3.63, 3.8) is 0 Å². The number of hydrogen-bond donors (Lipinski definition) is 1. The predicted octanol–water partition coefficient (Wildman–Crippen LogP) is 0.369. The van der Waals surface area contributed by atoms with Gasteiger partial charge in [0.25, 0.3) is 0 Å². The van der Waals surface area contributed by atoms with Gasteiger partial charge >= 0.3 is 5.97 Å². The van der Waals surface area contributed by atoms with Gasteiger partial charge in [0.05, 0.1) is 0 Å². The number of rotatable bonds is 3. The molecule has 0 amide bonds. The van der Waals surface area contributed by atoms with Crippen LogP contribution in [0.25, 0.3) is 5.82 Å². The minimum atomic E-state index is -3.45. The van der Waals surface area contributed by atoms with Crippen molar-refractivity contribution in [2.75, 3.05) is 6.26 Å². The van der Waals surface area contributed by atoms with Gasteiger partial charge in [-0.2, -0.15) is 0 Å². The van der Waals surface area contributed by atoms with Crippen LogP contribution in [0.4, 0.5) is 0 Å². The summed E-state index contributed by atoms with van der Waals surface area (Å²) in [5.74, 6) is -1.06. The first-order valence-electron chi connectivity index (χ1n) is 4.82. The van der Waals surface area contributed by atoms with E-state index < -0.39 is 15.8 Å². The van der Waals surface area contributed by atoms with Crippen molar-refractivity contribution in [3.05, 3.63) is 36.5 Å². The first-order valence-corrected chi connectivity index (χ1v) is 6.71. The Bertz CT molecular complexity index is 705. The molecule has 0 saturated carbocycles. The van der Waals surface area contributed by atoms with Crippen molar-refractivity contribution in [1.29, 1.82) is 0 Å². The molecule has 18 heavy (non-hydrogen) atoms. The summed E-state index contributed by atoms with van der Waals surface area (Å²) in [6, 6.07) is 2.90. The van der Waals surface area contributed by atoms with Crippen molar-refractivity contribution in [2.45, 2.75) is 4.90 Å². The summed E-state index contributed by atoms with van der Waals surface area (Å²) in [5, 5.41) is 8.76. The third-order valence-electron chi connectivity index (χ3n) is 2.20. The Morgan fingerprint density at radius 1 is 1.39 bits per heavy atom. The fourth-order valence-corrected chi connectivity index (χ4v) is 2.23. The van der Waals surface area contributed by atoms with Crippen LogP contribution in [0.2, 0.25) is 0 Å². The highest BCUT2D eigenvalue weighted by Crippen LogP contribution is 2.17. The predicted molar refractivity (Wildman–Crippen MR) is 61.4 cm³/mol. The fourth-order valence-electron chi connectivity index (χ4n) is 1.41. The van der Waals surface area contributed by atoms with Crippen LogP contribution >= 0.6 is 0 Å². The zero-order valence-electron chi connectivity index (χ0n) is 9.31. The molecule has 0 atom stereocenters. The second-order valence-corrected chi connectivity index (χ2v) is 5.55. The maximum absolute atomic E-state index is 11.6. The van der Waals surface area contributed by atoms with Gasteiger partial charge < -0.3 is 5.11 Å². The van der Waals surface area contributed by atoms with E-state index >= 15 is 0 Å². The molecule has 0 aliphatic carbocycles. The smallest absolute Gasteiger partial charge is 0.356 e. The summed E-state index contributed by atoms with van der Waals surface area (Å²) in [6.07, 6.45) is 4.90. The van der Waals surface area contributed by atoms with E-state index in [0.717, 1.165) is 6.26 Å². The van der Waals surface area contributed by atoms with Crippen molar-refractivity contribution in [1.82, 2.24) is 14.5 Å². The number of sulfone groups is 1. The summed E-state index contributed by atoms with van der Waals surface area (Å²) in [7, 11) is -3.45. The Balaban J connectivity index is 2.61. The lowest BCUT2D eigenvalue weighted by Crippen LogP contribution is -2.06. The summed E-state index contributed by atoms with van der Waals surface area (Å²) in [4.78, 5) is 18.3. The lowest BCUT2D eigenvalue weighted by Gasteiger charge is -2.06. The van der Waals surface area contributed by atoms with Gasteiger partial charge in [0.2, 0.25) is 0 Å². The average molecular weight is 267 g/mol. The summed E-state index contributed by atoms with van der Waals surface area (Å²) >= 11 is 0. The van der Waals surface area contributed by atoms with Gasteiger partial charge in [-0.3, -0.25) is 4.57 Å². The normalized spacial score (nSPS) is 11.4. The molecule has 0 aromatic carbocycles. The largest absolute Gasteiger partial charge is 0.476 e. The van der Waals surface area contributed by atoms with Crippen LogP contribution in [0.5, 0.6) is 0 Å². The number of carboxylic acid groups (broad SMARTS) is 1. The lowest BCUT2D eigenvalue weighted by molar-refractivity contribution is 0.0691. The summed E-state index contributed by atoms with van der Waals surface area (Å²) in [5.41, 5.74) is -0.180. The Labute approximate surface area is 103 Å². The van der Waals surface area contributed by atoms with Crippen molar-refractivity contribution in [2.24, 2.45) is 0 Å². The average Bonchev–Trinajstić information content (AvgIpc) is 2.77. The highest BCUT2D eigenvalue weighted by atomic mass is 32.2. The SMILES string of the molecule is CS(=O)(=O)c1cccnc1-n1cnc(C(=O)O)c1. The molecule has 0 unspecified atom stereocenters. The van der Waals surface area contributed by atoms with E-state index in [1.165, 1.54) is 35.4 Å². The molecule has 0 radical (unpaired) electrons. The lowest BCUT2D eigenvalue weighted by atomic mass is 10.4. The van der Waals surface area contributed by atoms with Gasteiger partial charge in [0.15, 0.2) is 21.3 Å². The molecule has 94 valence electrons. The molecule has 2 rings (SSSR count). The van der Waals surface area contributed by atoms with Crippen LogP contribution in [0.15, 0.2) is 35.7 Å². The van der Waals surface area contributed by atoms with Crippen LogP contribution < -0.4 is 0 Å². The molecule has 0 saturated heterocycles. The zero-order chi connectivity index (χ0) is 13.3. The molecule has 2 aromatic heterocycles. The quantitative estimate of drug-likeness (QED) is 0.861. The van der Waals surface area contributed by atoms with Crippen LogP contribution in [0.3, 0.4) is 0 Å². The van der Waals surface area contributed by atoms with E-state index in [-0.39, 0.29) is 16.4 Å². The molecule has 0 bridgehead atoms. The molecule has 7 nitrogen and oxygen atoms in total. The standard InChI is InChI=1S/C10H9N3O4S/c1-18(16,17)8-3-2-4-11-9(8)13-5-7(10(14)15)12-6-13/h2-6H,1H3,(H,14,15). The van der Waals surface area contributed by atoms with Crippen LogP contribution in [0, 0.1) is 0 Å². The van der Waals surface area contributed by atoms with Gasteiger partial charge in [0, 0.05) is 18.6 Å². The molecule has 0 aliphatic rings. The number of nitrogens with zero attached hydrogens (tertiary/aromatic N) is 3. The second-order valence-electron chi connectivity index (χ2n) is 3.57. The molecular weight excluding hydrogens is 258 g/mol. The number of carbonyl (C=O) groups is 1. The molecule has 0 fully saturated rings. The maximum atomic E-state index is 11.6. The van der Waals surface area contributed by atoms with Crippen molar-refractivity contribution in [3.8, 4) is 5.82 Å². The Morgan fingerprint density at radius 3 is 2.67 bits per heavy atom. The second kappa shape index (κ2) is 4.22. The van der Waals surface area contributed by atoms with Gasteiger partial charge in [-0.1, -0.05) is 0 Å². The molecule has 0 spiro atoms. The zero-order valence-corrected chi connectivity index (χ0v) is 10.1. The maximum Gasteiger partial charge on any atom is 0.356 e. The van der Waals surface area contributed by atoms with Crippen LogP contribution in [-0.2, 0) is 9.84 Å². The van der Waals surface area contributed by atoms with Gasteiger partial charge in [0.1, 0.15) is 11.2 Å². The van der Waals surface area contributed by atoms with E-state index in [9.17, 15) is 13.2 Å². The fraction of sp³-hybridized carbons (Fsp3) is 0.100. The molecule has 1 N–H and O–H groups in total. The van der Waals surface area contributed by atoms with E-state index in [0.29, 0.717) is 0 Å². The van der Waals surface area contributed by atoms with E-state index in [4.69, 9.17) is 5.11 Å². The number of aromatic carboxylic acids is 1. The number of aromatic nitrogens is 3. The molecular formula is C10H9N3O4S. The summed E-state index contributed by atoms with van der Waals surface area (Å²) in [6.45, 7) is 0. The highest BCUT2D eigenvalue weighted by Gasteiger charge is 2.16. The van der Waals surface area contributed by atoms with Gasteiger partial charge in [-0.15, -0.1) is 0 Å². The van der Waals surface area contributed by atoms with E-state index in [1.54, 1.807) is 0 Å².